The number of aryl methyl sites for hydroxylation is 1. The van der Waals surface area contributed by atoms with E-state index in [2.05, 4.69) is 41.8 Å². The Hall–Kier alpha value is -1.48. The van der Waals surface area contributed by atoms with Crippen LogP contribution in [0.1, 0.15) is 38.1 Å². The molecule has 1 unspecified atom stereocenters. The number of nitrogens with zero attached hydrogens (tertiary/aromatic N) is 2. The predicted octanol–water partition coefficient (Wildman–Crippen LogP) is 4.67. The Labute approximate surface area is 126 Å². The molecule has 0 aliphatic heterocycles. The quantitative estimate of drug-likeness (QED) is 0.867. The van der Waals surface area contributed by atoms with Gasteiger partial charge in [-0.15, -0.1) is 0 Å². The zero-order valence-electron chi connectivity index (χ0n) is 12.5. The number of anilines is 1. The topological polar surface area (TPSA) is 29.9 Å². The van der Waals surface area contributed by atoms with Crippen LogP contribution in [0, 0.1) is 12.8 Å². The number of halogens is 1. The lowest BCUT2D eigenvalue weighted by Gasteiger charge is -2.18. The van der Waals surface area contributed by atoms with Crippen LogP contribution in [-0.4, -0.2) is 9.55 Å². The summed E-state index contributed by atoms with van der Waals surface area (Å²) in [6, 6.07) is 8.04. The third-order valence-electron chi connectivity index (χ3n) is 3.18. The summed E-state index contributed by atoms with van der Waals surface area (Å²) in [4.78, 5) is 4.57. The third-order valence-corrected chi connectivity index (χ3v) is 3.52. The van der Waals surface area contributed by atoms with Gasteiger partial charge in [0.1, 0.15) is 0 Å². The minimum absolute atomic E-state index is 0.122. The molecule has 1 atom stereocenters. The maximum Gasteiger partial charge on any atom is 0.203 e. The first-order chi connectivity index (χ1) is 9.47. The van der Waals surface area contributed by atoms with E-state index in [0.29, 0.717) is 5.92 Å². The number of hydrogen-bond donors (Lipinski definition) is 1. The lowest BCUT2D eigenvalue weighted by molar-refractivity contribution is 0.524. The molecule has 0 radical (unpaired) electrons. The summed E-state index contributed by atoms with van der Waals surface area (Å²) in [7, 11) is 0. The average Bonchev–Trinajstić information content (AvgIpc) is 2.68. The number of rotatable bonds is 5. The molecule has 0 saturated carbocycles. The van der Waals surface area contributed by atoms with Crippen LogP contribution in [0.15, 0.2) is 30.5 Å². The van der Waals surface area contributed by atoms with Gasteiger partial charge in [-0.25, -0.2) is 4.98 Å². The number of nitrogens with one attached hydrogen (secondary N) is 1. The number of benzene rings is 1. The van der Waals surface area contributed by atoms with E-state index in [-0.39, 0.29) is 6.04 Å². The number of imidazole rings is 1. The highest BCUT2D eigenvalue weighted by molar-refractivity contribution is 6.31. The van der Waals surface area contributed by atoms with Gasteiger partial charge < -0.3 is 9.88 Å². The second-order valence-electron chi connectivity index (χ2n) is 5.64. The highest BCUT2D eigenvalue weighted by atomic mass is 35.5. The molecule has 0 fully saturated rings. The van der Waals surface area contributed by atoms with E-state index in [1.54, 1.807) is 0 Å². The molecular formula is C16H22ClN3. The van der Waals surface area contributed by atoms with Crippen molar-refractivity contribution >= 4 is 17.5 Å². The van der Waals surface area contributed by atoms with Crippen molar-refractivity contribution in [3.63, 3.8) is 0 Å². The molecule has 1 N–H and O–H groups in total. The molecule has 2 aromatic rings. The molecule has 0 spiro atoms. The molecule has 20 heavy (non-hydrogen) atoms. The van der Waals surface area contributed by atoms with Crippen LogP contribution in [0.2, 0.25) is 5.02 Å². The van der Waals surface area contributed by atoms with Crippen LogP contribution in [0.5, 0.6) is 0 Å². The normalized spacial score (nSPS) is 12.7. The van der Waals surface area contributed by atoms with Crippen molar-refractivity contribution in [2.45, 2.75) is 40.3 Å². The van der Waals surface area contributed by atoms with Gasteiger partial charge in [-0.1, -0.05) is 43.6 Å². The van der Waals surface area contributed by atoms with E-state index >= 15 is 0 Å². The molecule has 3 nitrogen and oxygen atoms in total. The first-order valence-electron chi connectivity index (χ1n) is 7.02. The van der Waals surface area contributed by atoms with Gasteiger partial charge in [-0.3, -0.25) is 0 Å². The van der Waals surface area contributed by atoms with Gasteiger partial charge in [-0.2, -0.15) is 0 Å². The Kier molecular flexibility index (Phi) is 4.71. The molecule has 108 valence electrons. The maximum absolute atomic E-state index is 6.25. The molecule has 0 aliphatic rings. The van der Waals surface area contributed by atoms with E-state index in [4.69, 9.17) is 11.6 Å². The zero-order valence-corrected chi connectivity index (χ0v) is 13.3. The van der Waals surface area contributed by atoms with Gasteiger partial charge >= 0.3 is 0 Å². The van der Waals surface area contributed by atoms with E-state index in [0.717, 1.165) is 28.8 Å². The van der Waals surface area contributed by atoms with Crippen molar-refractivity contribution < 1.29 is 0 Å². The van der Waals surface area contributed by atoms with Crippen LogP contribution in [-0.2, 0) is 6.54 Å². The molecule has 0 aliphatic carbocycles. The predicted molar refractivity (Wildman–Crippen MR) is 85.3 cm³/mol. The SMILES string of the molecule is Cc1cn(CC(C)C)c(NC(C)c2ccccc2Cl)n1. The molecule has 1 aromatic heterocycles. The van der Waals surface area contributed by atoms with Gasteiger partial charge in [0.2, 0.25) is 5.95 Å². The van der Waals surface area contributed by atoms with E-state index in [1.165, 1.54) is 0 Å². The van der Waals surface area contributed by atoms with Gasteiger partial charge in [0.25, 0.3) is 0 Å². The minimum Gasteiger partial charge on any atom is -0.349 e. The molecular weight excluding hydrogens is 270 g/mol. The maximum atomic E-state index is 6.25. The first kappa shape index (κ1) is 14.9. The second-order valence-corrected chi connectivity index (χ2v) is 6.05. The third kappa shape index (κ3) is 3.54. The van der Waals surface area contributed by atoms with Crippen molar-refractivity contribution in [1.29, 1.82) is 0 Å². The zero-order chi connectivity index (χ0) is 14.7. The molecule has 0 saturated heterocycles. The Morgan fingerprint density at radius 3 is 2.60 bits per heavy atom. The number of hydrogen-bond acceptors (Lipinski definition) is 2. The summed E-state index contributed by atoms with van der Waals surface area (Å²) < 4.78 is 2.17. The van der Waals surface area contributed by atoms with Crippen LogP contribution < -0.4 is 5.32 Å². The summed E-state index contributed by atoms with van der Waals surface area (Å²) in [5, 5.41) is 4.24. The Morgan fingerprint density at radius 1 is 1.25 bits per heavy atom. The second kappa shape index (κ2) is 6.31. The van der Waals surface area contributed by atoms with Crippen LogP contribution in [0.4, 0.5) is 5.95 Å². The van der Waals surface area contributed by atoms with Crippen LogP contribution in [0.3, 0.4) is 0 Å². The van der Waals surface area contributed by atoms with Crippen LogP contribution >= 0.6 is 11.6 Å². The van der Waals surface area contributed by atoms with Gasteiger partial charge in [-0.05, 0) is 31.4 Å². The Morgan fingerprint density at radius 2 is 1.95 bits per heavy atom. The summed E-state index contributed by atoms with van der Waals surface area (Å²) in [6.45, 7) is 9.48. The van der Waals surface area contributed by atoms with Crippen molar-refractivity contribution in [3.05, 3.63) is 46.7 Å². The molecule has 1 aromatic carbocycles. The summed E-state index contributed by atoms with van der Waals surface area (Å²) in [5.74, 6) is 1.49. The average molecular weight is 292 g/mol. The highest BCUT2D eigenvalue weighted by Gasteiger charge is 2.13. The summed E-state index contributed by atoms with van der Waals surface area (Å²) in [6.07, 6.45) is 2.08. The van der Waals surface area contributed by atoms with E-state index < -0.39 is 0 Å². The molecule has 4 heteroatoms. The van der Waals surface area contributed by atoms with Crippen LogP contribution in [0.25, 0.3) is 0 Å². The molecule has 1 heterocycles. The van der Waals surface area contributed by atoms with Crippen molar-refractivity contribution in [2.75, 3.05) is 5.32 Å². The first-order valence-corrected chi connectivity index (χ1v) is 7.40. The fourth-order valence-electron chi connectivity index (χ4n) is 2.29. The largest absolute Gasteiger partial charge is 0.349 e. The minimum atomic E-state index is 0.122. The van der Waals surface area contributed by atoms with E-state index in [1.807, 2.05) is 31.2 Å². The Balaban J connectivity index is 2.19. The lowest BCUT2D eigenvalue weighted by Crippen LogP contribution is -2.13. The standard InChI is InChI=1S/C16H22ClN3/c1-11(2)9-20-10-12(3)18-16(20)19-13(4)14-7-5-6-8-15(14)17/h5-8,10-11,13H,9H2,1-4H3,(H,18,19). The highest BCUT2D eigenvalue weighted by Crippen LogP contribution is 2.25. The van der Waals surface area contributed by atoms with Gasteiger partial charge in [0.05, 0.1) is 11.7 Å². The van der Waals surface area contributed by atoms with Gasteiger partial charge in [0.15, 0.2) is 0 Å². The van der Waals surface area contributed by atoms with E-state index in [9.17, 15) is 0 Å². The fraction of sp³-hybridized carbons (Fsp3) is 0.438. The van der Waals surface area contributed by atoms with Crippen molar-refractivity contribution in [1.82, 2.24) is 9.55 Å². The number of aromatic nitrogens is 2. The fourth-order valence-corrected chi connectivity index (χ4v) is 2.59. The summed E-state index contributed by atoms with van der Waals surface area (Å²) >= 11 is 6.25. The van der Waals surface area contributed by atoms with Crippen molar-refractivity contribution in [3.8, 4) is 0 Å². The molecule has 0 bridgehead atoms. The monoisotopic (exact) mass is 291 g/mol. The molecule has 0 amide bonds. The smallest absolute Gasteiger partial charge is 0.203 e. The summed E-state index contributed by atoms with van der Waals surface area (Å²) in [5.41, 5.74) is 2.12. The molecule has 2 rings (SSSR count). The Bertz CT molecular complexity index is 575. The van der Waals surface area contributed by atoms with Gasteiger partial charge in [0, 0.05) is 17.8 Å². The lowest BCUT2D eigenvalue weighted by atomic mass is 10.1. The van der Waals surface area contributed by atoms with Crippen molar-refractivity contribution in [2.24, 2.45) is 5.92 Å².